The van der Waals surface area contributed by atoms with Crippen molar-refractivity contribution in [1.29, 1.82) is 0 Å². The van der Waals surface area contributed by atoms with E-state index in [1.54, 1.807) is 0 Å². The van der Waals surface area contributed by atoms with Crippen molar-refractivity contribution in [2.24, 2.45) is 5.92 Å². The van der Waals surface area contributed by atoms with Gasteiger partial charge in [-0.05, 0) is 62.1 Å². The Labute approximate surface area is 222 Å². The molecule has 0 aromatic heterocycles. The fourth-order valence-electron chi connectivity index (χ4n) is 6.26. The van der Waals surface area contributed by atoms with Crippen molar-refractivity contribution in [3.05, 3.63) is 35.4 Å². The monoisotopic (exact) mass is 510 g/mol. The van der Waals surface area contributed by atoms with E-state index in [0.29, 0.717) is 43.3 Å². The first kappa shape index (κ1) is 27.6. The molecule has 7 nitrogen and oxygen atoms in total. The first-order valence-corrected chi connectivity index (χ1v) is 14.6. The van der Waals surface area contributed by atoms with E-state index in [2.05, 4.69) is 36.3 Å². The zero-order valence-electron chi connectivity index (χ0n) is 23.1. The number of unbranched alkanes of at least 4 members (excludes halogenated alkanes) is 1. The summed E-state index contributed by atoms with van der Waals surface area (Å²) in [6, 6.07) is 7.84. The molecule has 2 aliphatic heterocycles. The van der Waals surface area contributed by atoms with Crippen LogP contribution in [0.5, 0.6) is 0 Å². The van der Waals surface area contributed by atoms with Crippen LogP contribution in [0.4, 0.5) is 0 Å². The van der Waals surface area contributed by atoms with E-state index in [1.165, 1.54) is 19.3 Å². The van der Waals surface area contributed by atoms with Crippen LogP contribution in [0.2, 0.25) is 0 Å². The molecule has 0 bridgehead atoms. The maximum Gasteiger partial charge on any atom is 0.251 e. The Morgan fingerprint density at radius 1 is 1.08 bits per heavy atom. The number of piperidine rings is 1. The van der Waals surface area contributed by atoms with Crippen LogP contribution in [-0.4, -0.2) is 64.8 Å². The van der Waals surface area contributed by atoms with E-state index >= 15 is 0 Å². The first-order chi connectivity index (χ1) is 17.8. The van der Waals surface area contributed by atoms with Crippen molar-refractivity contribution in [3.8, 4) is 0 Å². The van der Waals surface area contributed by atoms with Gasteiger partial charge in [0.2, 0.25) is 11.8 Å². The Bertz CT molecular complexity index is 931. The molecule has 0 radical (unpaired) electrons. The fourth-order valence-corrected chi connectivity index (χ4v) is 6.26. The summed E-state index contributed by atoms with van der Waals surface area (Å²) in [5.41, 5.74) is 1.15. The first-order valence-electron chi connectivity index (χ1n) is 14.6. The van der Waals surface area contributed by atoms with E-state index < -0.39 is 11.6 Å². The Balaban J connectivity index is 1.35. The van der Waals surface area contributed by atoms with Crippen molar-refractivity contribution in [2.45, 2.75) is 109 Å². The highest BCUT2D eigenvalue weighted by Gasteiger charge is 2.53. The summed E-state index contributed by atoms with van der Waals surface area (Å²) in [6.07, 6.45) is 9.75. The largest absolute Gasteiger partial charge is 0.349 e. The van der Waals surface area contributed by atoms with Crippen molar-refractivity contribution in [3.63, 3.8) is 0 Å². The molecular formula is C30H46N4O3. The number of hydrogen-bond acceptors (Lipinski definition) is 4. The smallest absolute Gasteiger partial charge is 0.251 e. The van der Waals surface area contributed by atoms with Gasteiger partial charge in [0.15, 0.2) is 0 Å². The molecule has 2 N–H and O–H groups in total. The van der Waals surface area contributed by atoms with Gasteiger partial charge in [-0.2, -0.15) is 0 Å². The van der Waals surface area contributed by atoms with Gasteiger partial charge in [0, 0.05) is 37.8 Å². The summed E-state index contributed by atoms with van der Waals surface area (Å²) < 4.78 is 0. The van der Waals surface area contributed by atoms with Gasteiger partial charge in [-0.1, -0.05) is 58.6 Å². The highest BCUT2D eigenvalue weighted by atomic mass is 16.2. The molecule has 2 saturated heterocycles. The lowest BCUT2D eigenvalue weighted by Crippen LogP contribution is -2.73. The molecule has 1 aliphatic carbocycles. The third-order valence-corrected chi connectivity index (χ3v) is 8.50. The highest BCUT2D eigenvalue weighted by Crippen LogP contribution is 2.34. The number of benzene rings is 1. The van der Waals surface area contributed by atoms with Crippen molar-refractivity contribution in [2.75, 3.05) is 19.6 Å². The lowest BCUT2D eigenvalue weighted by molar-refractivity contribution is -0.161. The average Bonchev–Trinajstić information content (AvgIpc) is 2.89. The van der Waals surface area contributed by atoms with Crippen LogP contribution in [-0.2, 0) is 16.1 Å². The SMILES string of the molecule is CCCCN1C(=O)C(CC(C)C)NC(=O)C12CCN(Cc1ccc(C(=O)NC3CCCCC3)cc1)CC2. The van der Waals surface area contributed by atoms with Crippen LogP contribution in [0.3, 0.4) is 0 Å². The molecule has 1 aromatic rings. The van der Waals surface area contributed by atoms with E-state index in [-0.39, 0.29) is 17.7 Å². The number of rotatable bonds is 9. The normalized spacial score (nSPS) is 22.9. The van der Waals surface area contributed by atoms with Gasteiger partial charge < -0.3 is 15.5 Å². The lowest BCUT2D eigenvalue weighted by Gasteiger charge is -2.52. The van der Waals surface area contributed by atoms with Crippen LogP contribution in [0, 0.1) is 5.92 Å². The predicted molar refractivity (Wildman–Crippen MR) is 146 cm³/mol. The zero-order valence-corrected chi connectivity index (χ0v) is 23.1. The standard InChI is InChI=1S/C30H46N4O3/c1-4-5-17-34-28(36)26(20-22(2)3)32-29(37)30(34)15-18-33(19-16-30)21-23-11-13-24(14-12-23)27(35)31-25-9-7-6-8-10-25/h11-14,22,25-26H,4-10,15-21H2,1-3H3,(H,31,35)(H,32,37). The van der Waals surface area contributed by atoms with Gasteiger partial charge in [0.05, 0.1) is 0 Å². The third kappa shape index (κ3) is 6.54. The average molecular weight is 511 g/mol. The molecule has 3 aliphatic rings. The van der Waals surface area contributed by atoms with Gasteiger partial charge in [0.1, 0.15) is 11.6 Å². The van der Waals surface area contributed by atoms with Gasteiger partial charge in [-0.25, -0.2) is 0 Å². The fraction of sp³-hybridized carbons (Fsp3) is 0.700. The molecule has 3 amide bonds. The number of carbonyl (C=O) groups is 3. The zero-order chi connectivity index (χ0) is 26.4. The Hall–Kier alpha value is -2.41. The Morgan fingerprint density at radius 2 is 1.76 bits per heavy atom. The van der Waals surface area contributed by atoms with Gasteiger partial charge in [-0.3, -0.25) is 19.3 Å². The van der Waals surface area contributed by atoms with Crippen LogP contribution in [0.15, 0.2) is 24.3 Å². The van der Waals surface area contributed by atoms with E-state index in [4.69, 9.17) is 0 Å². The quantitative estimate of drug-likeness (QED) is 0.520. The molecule has 204 valence electrons. The molecule has 2 heterocycles. The number of nitrogens with zero attached hydrogens (tertiary/aromatic N) is 2. The lowest BCUT2D eigenvalue weighted by atomic mass is 9.80. The number of carbonyl (C=O) groups excluding carboxylic acids is 3. The van der Waals surface area contributed by atoms with Crippen LogP contribution in [0.25, 0.3) is 0 Å². The number of hydrogen-bond donors (Lipinski definition) is 2. The minimum Gasteiger partial charge on any atom is -0.349 e. The summed E-state index contributed by atoms with van der Waals surface area (Å²) in [4.78, 5) is 43.8. The van der Waals surface area contributed by atoms with Crippen LogP contribution >= 0.6 is 0 Å². The third-order valence-electron chi connectivity index (χ3n) is 8.50. The van der Waals surface area contributed by atoms with Crippen molar-refractivity contribution < 1.29 is 14.4 Å². The van der Waals surface area contributed by atoms with Crippen LogP contribution in [0.1, 0.15) is 101 Å². The summed E-state index contributed by atoms with van der Waals surface area (Å²) >= 11 is 0. The molecular weight excluding hydrogens is 464 g/mol. The van der Waals surface area contributed by atoms with Gasteiger partial charge >= 0.3 is 0 Å². The second-order valence-electron chi connectivity index (χ2n) is 11.8. The van der Waals surface area contributed by atoms with E-state index in [9.17, 15) is 14.4 Å². The summed E-state index contributed by atoms with van der Waals surface area (Å²) in [5, 5.41) is 6.28. The molecule has 1 aromatic carbocycles. The maximum atomic E-state index is 13.4. The summed E-state index contributed by atoms with van der Waals surface area (Å²) in [7, 11) is 0. The number of likely N-dealkylation sites (tertiary alicyclic amines) is 1. The molecule has 1 unspecified atom stereocenters. The second-order valence-corrected chi connectivity index (χ2v) is 11.8. The number of amides is 3. The summed E-state index contributed by atoms with van der Waals surface area (Å²) in [5.74, 6) is 0.497. The Morgan fingerprint density at radius 3 is 2.38 bits per heavy atom. The van der Waals surface area contributed by atoms with Gasteiger partial charge in [0.25, 0.3) is 5.91 Å². The highest BCUT2D eigenvalue weighted by molar-refractivity contribution is 6.00. The molecule has 1 atom stereocenters. The minimum atomic E-state index is -0.725. The molecule has 37 heavy (non-hydrogen) atoms. The topological polar surface area (TPSA) is 81.8 Å². The number of piperazine rings is 1. The maximum absolute atomic E-state index is 13.4. The van der Waals surface area contributed by atoms with Crippen molar-refractivity contribution >= 4 is 17.7 Å². The molecule has 1 spiro atoms. The Kier molecular flexibility index (Phi) is 9.27. The van der Waals surface area contributed by atoms with Crippen molar-refractivity contribution in [1.82, 2.24) is 20.4 Å². The molecule has 7 heteroatoms. The molecule has 4 rings (SSSR count). The van der Waals surface area contributed by atoms with Crippen LogP contribution < -0.4 is 10.6 Å². The van der Waals surface area contributed by atoms with Gasteiger partial charge in [-0.15, -0.1) is 0 Å². The molecule has 1 saturated carbocycles. The predicted octanol–water partition coefficient (Wildman–Crippen LogP) is 4.26. The minimum absolute atomic E-state index is 0.0225. The van der Waals surface area contributed by atoms with E-state index in [1.807, 2.05) is 29.2 Å². The number of nitrogens with one attached hydrogen (secondary N) is 2. The second kappa shape index (κ2) is 12.4. The van der Waals surface area contributed by atoms with E-state index in [0.717, 1.165) is 50.9 Å². The molecule has 3 fully saturated rings. The summed E-state index contributed by atoms with van der Waals surface area (Å²) in [6.45, 7) is 9.27.